The molecule has 1 aromatic carbocycles. The summed E-state index contributed by atoms with van der Waals surface area (Å²) in [5, 5.41) is 4.23. The SMILES string of the molecule is COc1nc(N(C)C)sc1CNCc1ccc(F)cc1. The Morgan fingerprint density at radius 3 is 2.55 bits per heavy atom. The van der Waals surface area contributed by atoms with E-state index in [0.717, 1.165) is 15.6 Å². The minimum Gasteiger partial charge on any atom is -0.480 e. The molecule has 0 unspecified atom stereocenters. The predicted octanol–water partition coefficient (Wildman–Crippen LogP) is 2.65. The van der Waals surface area contributed by atoms with Crippen LogP contribution in [0, 0.1) is 5.82 Å². The molecular weight excluding hydrogens is 277 g/mol. The molecule has 0 saturated carbocycles. The van der Waals surface area contributed by atoms with Gasteiger partial charge in [-0.25, -0.2) is 4.39 Å². The van der Waals surface area contributed by atoms with Crippen LogP contribution in [0.2, 0.25) is 0 Å². The fraction of sp³-hybridized carbons (Fsp3) is 0.357. The van der Waals surface area contributed by atoms with E-state index >= 15 is 0 Å². The van der Waals surface area contributed by atoms with E-state index in [1.165, 1.54) is 12.1 Å². The lowest BCUT2D eigenvalue weighted by Crippen LogP contribution is -2.12. The van der Waals surface area contributed by atoms with Crippen LogP contribution in [0.1, 0.15) is 10.4 Å². The molecule has 20 heavy (non-hydrogen) atoms. The molecule has 2 rings (SSSR count). The van der Waals surface area contributed by atoms with Crippen molar-refractivity contribution >= 4 is 16.5 Å². The molecule has 2 aromatic rings. The first-order chi connectivity index (χ1) is 9.60. The highest BCUT2D eigenvalue weighted by molar-refractivity contribution is 7.15. The number of nitrogens with zero attached hydrogens (tertiary/aromatic N) is 2. The number of hydrogen-bond acceptors (Lipinski definition) is 5. The summed E-state index contributed by atoms with van der Waals surface area (Å²) in [5.41, 5.74) is 1.04. The van der Waals surface area contributed by atoms with Crippen molar-refractivity contribution in [3.63, 3.8) is 0 Å². The summed E-state index contributed by atoms with van der Waals surface area (Å²) >= 11 is 1.60. The first-order valence-electron chi connectivity index (χ1n) is 6.26. The Hall–Kier alpha value is -1.66. The van der Waals surface area contributed by atoms with Crippen LogP contribution in [-0.2, 0) is 13.1 Å². The summed E-state index contributed by atoms with van der Waals surface area (Å²) in [5.74, 6) is 0.443. The molecule has 1 N–H and O–H groups in total. The van der Waals surface area contributed by atoms with E-state index < -0.39 is 0 Å². The van der Waals surface area contributed by atoms with E-state index in [4.69, 9.17) is 4.74 Å². The van der Waals surface area contributed by atoms with Crippen LogP contribution in [0.3, 0.4) is 0 Å². The monoisotopic (exact) mass is 295 g/mol. The third-order valence-electron chi connectivity index (χ3n) is 2.75. The summed E-state index contributed by atoms with van der Waals surface area (Å²) in [6, 6.07) is 6.48. The molecule has 0 fully saturated rings. The molecule has 108 valence electrons. The third-order valence-corrected chi connectivity index (χ3v) is 3.96. The molecule has 1 heterocycles. The second-order valence-electron chi connectivity index (χ2n) is 4.55. The van der Waals surface area contributed by atoms with Crippen LogP contribution in [0.25, 0.3) is 0 Å². The van der Waals surface area contributed by atoms with Gasteiger partial charge < -0.3 is 15.0 Å². The van der Waals surface area contributed by atoms with Gasteiger partial charge in [-0.05, 0) is 17.7 Å². The van der Waals surface area contributed by atoms with Gasteiger partial charge in [0.1, 0.15) is 5.82 Å². The highest BCUT2D eigenvalue weighted by Gasteiger charge is 2.12. The number of nitrogens with one attached hydrogen (secondary N) is 1. The fourth-order valence-electron chi connectivity index (χ4n) is 1.71. The van der Waals surface area contributed by atoms with Crippen LogP contribution in [-0.4, -0.2) is 26.2 Å². The van der Waals surface area contributed by atoms with Crippen molar-refractivity contribution in [2.24, 2.45) is 0 Å². The number of methoxy groups -OCH3 is 1. The van der Waals surface area contributed by atoms with E-state index in [9.17, 15) is 4.39 Å². The molecule has 4 nitrogen and oxygen atoms in total. The van der Waals surface area contributed by atoms with Crippen molar-refractivity contribution in [1.82, 2.24) is 10.3 Å². The molecular formula is C14H18FN3OS. The third kappa shape index (κ3) is 3.68. The van der Waals surface area contributed by atoms with Gasteiger partial charge in [0.05, 0.1) is 12.0 Å². The molecule has 0 aliphatic heterocycles. The van der Waals surface area contributed by atoms with E-state index in [1.54, 1.807) is 30.6 Å². The van der Waals surface area contributed by atoms with Crippen LogP contribution in [0.5, 0.6) is 5.88 Å². The number of halogens is 1. The predicted molar refractivity (Wildman–Crippen MR) is 79.9 cm³/mol. The van der Waals surface area contributed by atoms with Gasteiger partial charge >= 0.3 is 0 Å². The number of aromatic nitrogens is 1. The topological polar surface area (TPSA) is 37.4 Å². The Labute approximate surface area is 122 Å². The lowest BCUT2D eigenvalue weighted by molar-refractivity contribution is 0.394. The molecule has 0 atom stereocenters. The molecule has 6 heteroatoms. The largest absolute Gasteiger partial charge is 0.480 e. The van der Waals surface area contributed by atoms with Gasteiger partial charge in [-0.3, -0.25) is 0 Å². The van der Waals surface area contributed by atoms with E-state index in [2.05, 4.69) is 10.3 Å². The maximum absolute atomic E-state index is 12.8. The lowest BCUT2D eigenvalue weighted by Gasteiger charge is -2.05. The molecule has 0 bridgehead atoms. The lowest BCUT2D eigenvalue weighted by atomic mass is 10.2. The number of rotatable bonds is 6. The van der Waals surface area contributed by atoms with Gasteiger partial charge in [-0.2, -0.15) is 4.98 Å². The van der Waals surface area contributed by atoms with Gasteiger partial charge in [0.25, 0.3) is 0 Å². The molecule has 0 aliphatic rings. The number of thiazole rings is 1. The first-order valence-corrected chi connectivity index (χ1v) is 7.08. The maximum atomic E-state index is 12.8. The number of ether oxygens (including phenoxy) is 1. The number of hydrogen-bond donors (Lipinski definition) is 1. The van der Waals surface area contributed by atoms with Crippen LogP contribution >= 0.6 is 11.3 Å². The van der Waals surface area contributed by atoms with E-state index in [0.29, 0.717) is 19.0 Å². The summed E-state index contributed by atoms with van der Waals surface area (Å²) in [7, 11) is 5.53. The Balaban J connectivity index is 1.95. The molecule has 0 amide bonds. The second-order valence-corrected chi connectivity index (χ2v) is 5.62. The fourth-order valence-corrected chi connectivity index (χ4v) is 2.63. The maximum Gasteiger partial charge on any atom is 0.230 e. The van der Waals surface area contributed by atoms with Gasteiger partial charge in [-0.15, -0.1) is 0 Å². The molecule has 1 aromatic heterocycles. The Kier molecular flexibility index (Phi) is 4.92. The van der Waals surface area contributed by atoms with Crippen LogP contribution in [0.15, 0.2) is 24.3 Å². The second kappa shape index (κ2) is 6.67. The molecule has 0 spiro atoms. The zero-order valence-electron chi connectivity index (χ0n) is 11.8. The highest BCUT2D eigenvalue weighted by Crippen LogP contribution is 2.30. The quantitative estimate of drug-likeness (QED) is 0.889. The van der Waals surface area contributed by atoms with E-state index in [1.807, 2.05) is 19.0 Å². The van der Waals surface area contributed by atoms with Crippen LogP contribution in [0.4, 0.5) is 9.52 Å². The zero-order chi connectivity index (χ0) is 14.5. The van der Waals surface area contributed by atoms with Gasteiger partial charge in [-0.1, -0.05) is 23.5 Å². The minimum atomic E-state index is -0.214. The number of anilines is 1. The molecule has 0 aliphatic carbocycles. The van der Waals surface area contributed by atoms with Gasteiger partial charge in [0.15, 0.2) is 5.13 Å². The van der Waals surface area contributed by atoms with Crippen molar-refractivity contribution < 1.29 is 9.13 Å². The Bertz CT molecular complexity index is 554. The summed E-state index contributed by atoms with van der Waals surface area (Å²) < 4.78 is 18.1. The molecule has 0 radical (unpaired) electrons. The average molecular weight is 295 g/mol. The van der Waals surface area contributed by atoms with E-state index in [-0.39, 0.29) is 5.82 Å². The number of benzene rings is 1. The van der Waals surface area contributed by atoms with Crippen molar-refractivity contribution in [1.29, 1.82) is 0 Å². The average Bonchev–Trinajstić information content (AvgIpc) is 2.84. The van der Waals surface area contributed by atoms with Crippen molar-refractivity contribution in [3.8, 4) is 5.88 Å². The standard InChI is InChI=1S/C14H18FN3OS/c1-18(2)14-17-13(19-3)12(20-14)9-16-8-10-4-6-11(15)7-5-10/h4-7,16H,8-9H2,1-3H3. The van der Waals surface area contributed by atoms with Crippen molar-refractivity contribution in [2.75, 3.05) is 26.1 Å². The first kappa shape index (κ1) is 14.7. The minimum absolute atomic E-state index is 0.214. The van der Waals surface area contributed by atoms with Gasteiger partial charge in [0.2, 0.25) is 5.88 Å². The van der Waals surface area contributed by atoms with Crippen molar-refractivity contribution in [2.45, 2.75) is 13.1 Å². The van der Waals surface area contributed by atoms with Gasteiger partial charge in [0, 0.05) is 27.2 Å². The summed E-state index contributed by atoms with van der Waals surface area (Å²) in [4.78, 5) is 7.41. The zero-order valence-corrected chi connectivity index (χ0v) is 12.6. The van der Waals surface area contributed by atoms with Crippen LogP contribution < -0.4 is 15.0 Å². The summed E-state index contributed by atoms with van der Waals surface area (Å²) in [6.45, 7) is 1.35. The summed E-state index contributed by atoms with van der Waals surface area (Å²) in [6.07, 6.45) is 0. The highest BCUT2D eigenvalue weighted by atomic mass is 32.1. The Morgan fingerprint density at radius 1 is 1.25 bits per heavy atom. The Morgan fingerprint density at radius 2 is 1.95 bits per heavy atom. The molecule has 0 saturated heterocycles. The normalized spacial score (nSPS) is 10.6. The smallest absolute Gasteiger partial charge is 0.230 e. The van der Waals surface area contributed by atoms with Crippen molar-refractivity contribution in [3.05, 3.63) is 40.5 Å².